The number of hydrogen-bond acceptors (Lipinski definition) is 6. The van der Waals surface area contributed by atoms with Crippen molar-refractivity contribution in [3.05, 3.63) is 52.1 Å². The van der Waals surface area contributed by atoms with Crippen LogP contribution in [0.1, 0.15) is 65.7 Å². The Balaban J connectivity index is 1.83. The maximum Gasteiger partial charge on any atom is 0.504 e. The molecule has 2 heterocycles. The van der Waals surface area contributed by atoms with E-state index < -0.39 is 27.9 Å². The first kappa shape index (κ1) is 27.8. The summed E-state index contributed by atoms with van der Waals surface area (Å²) >= 11 is 0. The fourth-order valence-electron chi connectivity index (χ4n) is 4.83. The summed E-state index contributed by atoms with van der Waals surface area (Å²) in [4.78, 5) is 28.8. The van der Waals surface area contributed by atoms with Crippen molar-refractivity contribution < 1.29 is 36.1 Å². The number of nitrogens with zero attached hydrogens (tertiary/aromatic N) is 2. The first-order chi connectivity index (χ1) is 17.8. The van der Waals surface area contributed by atoms with Crippen LogP contribution in [-0.4, -0.2) is 61.0 Å². The molecule has 0 unspecified atom stereocenters. The van der Waals surface area contributed by atoms with Crippen LogP contribution in [0.15, 0.2) is 29.2 Å². The summed E-state index contributed by atoms with van der Waals surface area (Å²) in [5, 5.41) is 2.71. The Morgan fingerprint density at radius 1 is 1.13 bits per heavy atom. The van der Waals surface area contributed by atoms with Crippen molar-refractivity contribution in [1.82, 2.24) is 4.90 Å². The minimum atomic E-state index is -3.65. The Morgan fingerprint density at radius 3 is 2.45 bits per heavy atom. The Kier molecular flexibility index (Phi) is 7.72. The van der Waals surface area contributed by atoms with E-state index in [9.17, 15) is 26.8 Å². The molecule has 1 saturated heterocycles. The summed E-state index contributed by atoms with van der Waals surface area (Å²) in [5.74, 6) is -1.07. The number of sulfone groups is 1. The number of urea groups is 1. The van der Waals surface area contributed by atoms with E-state index in [2.05, 4.69) is 10.2 Å². The highest BCUT2D eigenvalue weighted by molar-refractivity contribution is 7.91. The number of ether oxygens (including phenoxy) is 1. The van der Waals surface area contributed by atoms with Crippen molar-refractivity contribution >= 4 is 33.7 Å². The van der Waals surface area contributed by atoms with Crippen LogP contribution in [0.3, 0.4) is 0 Å². The van der Waals surface area contributed by atoms with Gasteiger partial charge in [-0.15, -0.1) is 4.58 Å². The Morgan fingerprint density at radius 2 is 1.82 bits per heavy atom. The molecule has 38 heavy (non-hydrogen) atoms. The molecule has 2 aromatic carbocycles. The van der Waals surface area contributed by atoms with Crippen LogP contribution in [0.4, 0.5) is 19.3 Å². The topological polar surface area (TPSA) is 95.8 Å². The lowest BCUT2D eigenvalue weighted by Crippen LogP contribution is -2.39. The SMILES string of the molecule is CCS(=O)(=O)c1ccc(C)cc1/C=[N+]1\C(=O)Nc2c(cc(OC(C)(F)F)c(CN3CCCCC3)c2C)C1=O. The zero-order valence-corrected chi connectivity index (χ0v) is 22.8. The quantitative estimate of drug-likeness (QED) is 0.495. The van der Waals surface area contributed by atoms with E-state index in [1.807, 2.05) is 0 Å². The highest BCUT2D eigenvalue weighted by Gasteiger charge is 2.39. The normalized spacial score (nSPS) is 17.9. The predicted octanol–water partition coefficient (Wildman–Crippen LogP) is 4.89. The molecule has 204 valence electrons. The lowest BCUT2D eigenvalue weighted by Gasteiger charge is -2.29. The van der Waals surface area contributed by atoms with E-state index in [1.54, 1.807) is 26.0 Å². The number of aryl methyl sites for hydroxylation is 1. The van der Waals surface area contributed by atoms with Crippen LogP contribution >= 0.6 is 0 Å². The number of likely N-dealkylation sites (tertiary alicyclic amines) is 1. The van der Waals surface area contributed by atoms with Gasteiger partial charge in [0.25, 0.3) is 0 Å². The number of rotatable bonds is 7. The standard InChI is InChI=1S/C27H31F2N3O5S/c1-5-38(35,36)23-10-9-17(2)13-19(23)15-32-25(33)20-14-22(37-27(4,28)29)21(16-31-11-7-6-8-12-31)18(3)24(20)30-26(32)34/h9-10,13-15H,5-8,11-12,16H2,1-4H3/p+1/b32-15-. The molecule has 11 heteroatoms. The van der Waals surface area contributed by atoms with E-state index >= 15 is 0 Å². The molecule has 0 saturated carbocycles. The number of carbonyl (C=O) groups excluding carboxylic acids is 2. The van der Waals surface area contributed by atoms with Gasteiger partial charge in [0.15, 0.2) is 9.84 Å². The van der Waals surface area contributed by atoms with Crippen LogP contribution < -0.4 is 10.1 Å². The monoisotopic (exact) mass is 548 g/mol. The fourth-order valence-corrected chi connectivity index (χ4v) is 5.89. The number of anilines is 1. The Bertz CT molecular complexity index is 1430. The molecule has 0 aromatic heterocycles. The number of halogens is 2. The number of hydrogen-bond donors (Lipinski definition) is 1. The zero-order valence-electron chi connectivity index (χ0n) is 21.9. The van der Waals surface area contributed by atoms with Crippen LogP contribution in [0.5, 0.6) is 5.75 Å². The molecule has 2 aliphatic heterocycles. The maximum absolute atomic E-state index is 14.0. The number of alkyl halides is 2. The van der Waals surface area contributed by atoms with Gasteiger partial charge in [-0.05, 0) is 51.9 Å². The number of fused-ring (bicyclic) bond motifs is 1. The Labute approximate surface area is 221 Å². The van der Waals surface area contributed by atoms with E-state index in [-0.39, 0.29) is 33.2 Å². The second-order valence-electron chi connectivity index (χ2n) is 9.83. The summed E-state index contributed by atoms with van der Waals surface area (Å²) in [6.45, 7) is 7.52. The van der Waals surface area contributed by atoms with E-state index in [0.29, 0.717) is 24.6 Å². The lowest BCUT2D eigenvalue weighted by atomic mass is 9.97. The van der Waals surface area contributed by atoms with E-state index in [4.69, 9.17) is 4.74 Å². The molecule has 2 aromatic rings. The average molecular weight is 549 g/mol. The minimum Gasteiger partial charge on any atom is -0.432 e. The molecule has 0 spiro atoms. The zero-order chi connectivity index (χ0) is 27.8. The molecule has 0 aliphatic carbocycles. The fraction of sp³-hybridized carbons (Fsp3) is 0.444. The number of amides is 3. The summed E-state index contributed by atoms with van der Waals surface area (Å²) < 4.78 is 59.1. The highest BCUT2D eigenvalue weighted by atomic mass is 32.2. The minimum absolute atomic E-state index is 0.0142. The van der Waals surface area contributed by atoms with Crippen molar-refractivity contribution in [2.75, 3.05) is 24.2 Å². The molecule has 8 nitrogen and oxygen atoms in total. The lowest BCUT2D eigenvalue weighted by molar-refractivity contribution is -0.317. The van der Waals surface area contributed by atoms with Gasteiger partial charge in [0.2, 0.25) is 0 Å². The number of imide groups is 1. The van der Waals surface area contributed by atoms with Gasteiger partial charge in [-0.25, -0.2) is 18.5 Å². The third kappa shape index (κ3) is 5.78. The van der Waals surface area contributed by atoms with Crippen molar-refractivity contribution in [2.24, 2.45) is 0 Å². The first-order valence-corrected chi connectivity index (χ1v) is 14.2. The molecular weight excluding hydrogens is 516 g/mol. The third-order valence-corrected chi connectivity index (χ3v) is 8.64. The van der Waals surface area contributed by atoms with Crippen molar-refractivity contribution in [2.45, 2.75) is 64.5 Å². The van der Waals surface area contributed by atoms with E-state index in [1.165, 1.54) is 25.3 Å². The number of carbonyl (C=O) groups is 2. The van der Waals surface area contributed by atoms with Gasteiger partial charge < -0.3 is 4.74 Å². The summed E-state index contributed by atoms with van der Waals surface area (Å²) in [5.41, 5.74) is 2.07. The number of nitrogens with one attached hydrogen (secondary N) is 1. The second kappa shape index (κ2) is 10.5. The Hall–Kier alpha value is -3.18. The van der Waals surface area contributed by atoms with Crippen LogP contribution in [-0.2, 0) is 16.4 Å². The van der Waals surface area contributed by atoms with Crippen LogP contribution in [0.25, 0.3) is 0 Å². The second-order valence-corrected chi connectivity index (χ2v) is 12.1. The number of benzene rings is 2. The molecule has 4 rings (SSSR count). The summed E-state index contributed by atoms with van der Waals surface area (Å²) in [6.07, 6.45) is 0.782. The van der Waals surface area contributed by atoms with Gasteiger partial charge in [0.05, 0.1) is 10.6 Å². The maximum atomic E-state index is 14.0. The van der Waals surface area contributed by atoms with Crippen LogP contribution in [0.2, 0.25) is 0 Å². The smallest absolute Gasteiger partial charge is 0.432 e. The van der Waals surface area contributed by atoms with Crippen molar-refractivity contribution in [1.29, 1.82) is 0 Å². The van der Waals surface area contributed by atoms with Gasteiger partial charge in [-0.2, -0.15) is 13.6 Å². The molecule has 0 bridgehead atoms. The number of piperidine rings is 1. The molecule has 0 atom stereocenters. The molecular formula is C27H32F2N3O5S+. The largest absolute Gasteiger partial charge is 0.504 e. The summed E-state index contributed by atoms with van der Waals surface area (Å²) in [7, 11) is -3.65. The highest BCUT2D eigenvalue weighted by Crippen LogP contribution is 2.38. The van der Waals surface area contributed by atoms with Gasteiger partial charge >= 0.3 is 18.0 Å². The third-order valence-electron chi connectivity index (χ3n) is 6.84. The summed E-state index contributed by atoms with van der Waals surface area (Å²) in [6, 6.07) is 5.10. The average Bonchev–Trinajstić information content (AvgIpc) is 2.84. The first-order valence-electron chi connectivity index (χ1n) is 12.6. The van der Waals surface area contributed by atoms with Crippen molar-refractivity contribution in [3.63, 3.8) is 0 Å². The molecule has 3 amide bonds. The van der Waals surface area contributed by atoms with Crippen LogP contribution in [0, 0.1) is 13.8 Å². The van der Waals surface area contributed by atoms with Gasteiger partial charge in [-0.1, -0.05) is 25.0 Å². The molecule has 1 N–H and O–H groups in total. The molecule has 0 radical (unpaired) electrons. The van der Waals surface area contributed by atoms with Crippen molar-refractivity contribution in [3.8, 4) is 5.75 Å². The molecule has 2 aliphatic rings. The van der Waals surface area contributed by atoms with Gasteiger partial charge in [0.1, 0.15) is 23.2 Å². The van der Waals surface area contributed by atoms with Gasteiger partial charge in [-0.3, -0.25) is 4.90 Å². The predicted molar refractivity (Wildman–Crippen MR) is 139 cm³/mol. The van der Waals surface area contributed by atoms with Gasteiger partial charge in [0, 0.05) is 36.2 Å². The molecule has 1 fully saturated rings. The van der Waals surface area contributed by atoms with E-state index in [0.717, 1.165) is 42.5 Å².